The second-order valence-corrected chi connectivity index (χ2v) is 5.53. The first kappa shape index (κ1) is 14.9. The van der Waals surface area contributed by atoms with Crippen molar-refractivity contribution in [2.24, 2.45) is 0 Å². The summed E-state index contributed by atoms with van der Waals surface area (Å²) in [6, 6.07) is 4.87. The number of nitrogens with one attached hydrogen (secondary N) is 1. The molecule has 0 aliphatic carbocycles. The minimum Gasteiger partial charge on any atom is -0.488 e. The average molecular weight is 255 g/mol. The van der Waals surface area contributed by atoms with Gasteiger partial charge in [-0.15, -0.1) is 0 Å². The second-order valence-electron chi connectivity index (χ2n) is 5.53. The molecule has 102 valence electrons. The third kappa shape index (κ3) is 5.47. The Hall–Kier alpha value is -1.13. The summed E-state index contributed by atoms with van der Waals surface area (Å²) in [5.74, 6) is -0.223. The molecule has 4 heteroatoms. The van der Waals surface area contributed by atoms with Gasteiger partial charge < -0.3 is 15.2 Å². The van der Waals surface area contributed by atoms with Crippen LogP contribution in [0.3, 0.4) is 0 Å². The maximum absolute atomic E-state index is 13.7. The van der Waals surface area contributed by atoms with E-state index in [9.17, 15) is 4.39 Å². The maximum atomic E-state index is 13.7. The van der Waals surface area contributed by atoms with Gasteiger partial charge in [0, 0.05) is 12.1 Å². The van der Waals surface area contributed by atoms with Crippen molar-refractivity contribution < 1.29 is 14.2 Å². The number of aliphatic hydroxyl groups excluding tert-OH is 1. The summed E-state index contributed by atoms with van der Waals surface area (Å²) in [6.45, 7) is 8.48. The smallest absolute Gasteiger partial charge is 0.165 e. The lowest BCUT2D eigenvalue weighted by atomic mass is 10.1. The van der Waals surface area contributed by atoms with Crippen LogP contribution in [0.1, 0.15) is 33.3 Å². The highest BCUT2D eigenvalue weighted by atomic mass is 19.1. The highest BCUT2D eigenvalue weighted by Gasteiger charge is 2.10. The number of benzene rings is 1. The van der Waals surface area contributed by atoms with Crippen LogP contribution in [-0.4, -0.2) is 23.4 Å². The number of rotatable bonds is 5. The number of hydrogen-bond acceptors (Lipinski definition) is 3. The van der Waals surface area contributed by atoms with Gasteiger partial charge in [-0.25, -0.2) is 4.39 Å². The summed E-state index contributed by atoms with van der Waals surface area (Å²) in [5, 5.41) is 12.4. The van der Waals surface area contributed by atoms with Crippen molar-refractivity contribution in [2.75, 3.05) is 6.61 Å². The zero-order valence-corrected chi connectivity index (χ0v) is 11.5. The van der Waals surface area contributed by atoms with Crippen LogP contribution in [0.15, 0.2) is 18.2 Å². The Labute approximate surface area is 108 Å². The molecule has 2 N–H and O–H groups in total. The topological polar surface area (TPSA) is 41.5 Å². The standard InChI is InChI=1S/C14H22FNO2/c1-10(17)9-18-13-6-5-11(7-12(13)15)8-16-14(2,3)4/h5-7,10,16-17H,8-9H2,1-4H3. The van der Waals surface area contributed by atoms with E-state index in [1.54, 1.807) is 13.0 Å². The minimum atomic E-state index is -0.605. The van der Waals surface area contributed by atoms with Gasteiger partial charge in [0.1, 0.15) is 6.61 Å². The molecule has 1 aromatic carbocycles. The highest BCUT2D eigenvalue weighted by Crippen LogP contribution is 2.19. The largest absolute Gasteiger partial charge is 0.488 e. The minimum absolute atomic E-state index is 0.00202. The van der Waals surface area contributed by atoms with Crippen LogP contribution < -0.4 is 10.1 Å². The van der Waals surface area contributed by atoms with Crippen LogP contribution in [0.5, 0.6) is 5.75 Å². The first-order chi connectivity index (χ1) is 8.28. The molecule has 0 spiro atoms. The van der Waals surface area contributed by atoms with Crippen molar-refractivity contribution in [1.82, 2.24) is 5.32 Å². The number of hydrogen-bond donors (Lipinski definition) is 2. The Morgan fingerprint density at radius 1 is 1.39 bits per heavy atom. The fraction of sp³-hybridized carbons (Fsp3) is 0.571. The lowest BCUT2D eigenvalue weighted by Gasteiger charge is -2.20. The lowest BCUT2D eigenvalue weighted by Crippen LogP contribution is -2.35. The lowest BCUT2D eigenvalue weighted by molar-refractivity contribution is 0.120. The molecule has 1 atom stereocenters. The Morgan fingerprint density at radius 2 is 2.06 bits per heavy atom. The molecule has 0 aliphatic rings. The van der Waals surface area contributed by atoms with E-state index in [-0.39, 0.29) is 17.9 Å². The van der Waals surface area contributed by atoms with Gasteiger partial charge in [-0.2, -0.15) is 0 Å². The first-order valence-corrected chi connectivity index (χ1v) is 6.12. The summed E-state index contributed by atoms with van der Waals surface area (Å²) in [5.41, 5.74) is 0.865. The van der Waals surface area contributed by atoms with E-state index in [1.807, 2.05) is 6.07 Å². The van der Waals surface area contributed by atoms with Gasteiger partial charge in [-0.05, 0) is 45.4 Å². The molecular formula is C14H22FNO2. The number of halogens is 1. The molecule has 1 rings (SSSR count). The van der Waals surface area contributed by atoms with Crippen LogP contribution in [0.2, 0.25) is 0 Å². The van der Waals surface area contributed by atoms with Gasteiger partial charge in [0.25, 0.3) is 0 Å². The maximum Gasteiger partial charge on any atom is 0.165 e. The molecule has 1 unspecified atom stereocenters. The van der Waals surface area contributed by atoms with Gasteiger partial charge in [-0.1, -0.05) is 6.07 Å². The number of aliphatic hydroxyl groups is 1. The monoisotopic (exact) mass is 255 g/mol. The Morgan fingerprint density at radius 3 is 2.56 bits per heavy atom. The number of ether oxygens (including phenoxy) is 1. The van der Waals surface area contributed by atoms with Gasteiger partial charge in [0.2, 0.25) is 0 Å². The van der Waals surface area contributed by atoms with Crippen molar-refractivity contribution in [3.8, 4) is 5.75 Å². The Kier molecular flexibility index (Phi) is 5.11. The molecule has 18 heavy (non-hydrogen) atoms. The molecule has 0 bridgehead atoms. The first-order valence-electron chi connectivity index (χ1n) is 6.12. The van der Waals surface area contributed by atoms with Crippen molar-refractivity contribution in [3.05, 3.63) is 29.6 Å². The average Bonchev–Trinajstić information content (AvgIpc) is 2.24. The molecule has 0 heterocycles. The van der Waals surface area contributed by atoms with Crippen molar-refractivity contribution >= 4 is 0 Å². The van der Waals surface area contributed by atoms with Crippen LogP contribution in [-0.2, 0) is 6.54 Å². The molecular weight excluding hydrogens is 233 g/mol. The van der Waals surface area contributed by atoms with E-state index >= 15 is 0 Å². The molecule has 0 aromatic heterocycles. The zero-order valence-electron chi connectivity index (χ0n) is 11.5. The van der Waals surface area contributed by atoms with E-state index in [0.29, 0.717) is 6.54 Å². The molecule has 0 saturated carbocycles. The van der Waals surface area contributed by atoms with Crippen molar-refractivity contribution in [2.45, 2.75) is 45.9 Å². The van der Waals surface area contributed by atoms with E-state index in [0.717, 1.165) is 5.56 Å². The van der Waals surface area contributed by atoms with Gasteiger partial charge in [0.05, 0.1) is 6.10 Å². The molecule has 1 aromatic rings. The summed E-state index contributed by atoms with van der Waals surface area (Å²) >= 11 is 0. The Balaban J connectivity index is 2.62. The summed E-state index contributed by atoms with van der Waals surface area (Å²) in [7, 11) is 0. The zero-order chi connectivity index (χ0) is 13.8. The SMILES string of the molecule is CC(O)COc1ccc(CNC(C)(C)C)cc1F. The second kappa shape index (κ2) is 6.16. The fourth-order valence-corrected chi connectivity index (χ4v) is 1.35. The van der Waals surface area contributed by atoms with Crippen LogP contribution in [0, 0.1) is 5.82 Å². The van der Waals surface area contributed by atoms with E-state index < -0.39 is 11.9 Å². The fourth-order valence-electron chi connectivity index (χ4n) is 1.35. The quantitative estimate of drug-likeness (QED) is 0.849. The molecule has 0 saturated heterocycles. The van der Waals surface area contributed by atoms with E-state index in [2.05, 4.69) is 26.1 Å². The van der Waals surface area contributed by atoms with E-state index in [1.165, 1.54) is 6.07 Å². The molecule has 0 amide bonds. The summed E-state index contributed by atoms with van der Waals surface area (Å²) in [6.07, 6.45) is -0.605. The molecule has 0 aliphatic heterocycles. The van der Waals surface area contributed by atoms with E-state index in [4.69, 9.17) is 9.84 Å². The van der Waals surface area contributed by atoms with Gasteiger partial charge >= 0.3 is 0 Å². The van der Waals surface area contributed by atoms with Crippen molar-refractivity contribution in [1.29, 1.82) is 0 Å². The predicted molar refractivity (Wildman–Crippen MR) is 70.2 cm³/mol. The van der Waals surface area contributed by atoms with Gasteiger partial charge in [0.15, 0.2) is 11.6 Å². The summed E-state index contributed by atoms with van der Waals surface area (Å²) in [4.78, 5) is 0. The van der Waals surface area contributed by atoms with Crippen molar-refractivity contribution in [3.63, 3.8) is 0 Å². The van der Waals surface area contributed by atoms with Crippen LogP contribution >= 0.6 is 0 Å². The van der Waals surface area contributed by atoms with Gasteiger partial charge in [-0.3, -0.25) is 0 Å². The van der Waals surface area contributed by atoms with Crippen LogP contribution in [0.4, 0.5) is 4.39 Å². The molecule has 0 fully saturated rings. The third-order valence-corrected chi connectivity index (χ3v) is 2.30. The predicted octanol–water partition coefficient (Wildman–Crippen LogP) is 2.47. The van der Waals surface area contributed by atoms with Crippen LogP contribution in [0.25, 0.3) is 0 Å². The highest BCUT2D eigenvalue weighted by molar-refractivity contribution is 5.29. The molecule has 3 nitrogen and oxygen atoms in total. The summed E-state index contributed by atoms with van der Waals surface area (Å²) < 4.78 is 18.8. The molecule has 0 radical (unpaired) electrons. The Bertz CT molecular complexity index is 386. The normalized spacial score (nSPS) is 13.4. The third-order valence-electron chi connectivity index (χ3n) is 2.30.